The van der Waals surface area contributed by atoms with Crippen molar-refractivity contribution < 1.29 is 13.9 Å². The second-order valence-corrected chi connectivity index (χ2v) is 9.85. The van der Waals surface area contributed by atoms with Crippen LogP contribution in [0.15, 0.2) is 24.5 Å². The van der Waals surface area contributed by atoms with Crippen LogP contribution in [0.1, 0.15) is 49.9 Å². The smallest absolute Gasteiger partial charge is 0.167 e. The van der Waals surface area contributed by atoms with Gasteiger partial charge in [-0.1, -0.05) is 0 Å². The molecule has 3 aliphatic heterocycles. The fraction of sp³-hybridized carbons (Fsp3) is 0.583. The molecule has 6 rings (SSSR count). The molecule has 33 heavy (non-hydrogen) atoms. The van der Waals surface area contributed by atoms with Crippen LogP contribution in [-0.2, 0) is 4.74 Å². The molecular formula is C24H31FN6O2. The lowest BCUT2D eigenvalue weighted by Gasteiger charge is -2.36. The second-order valence-electron chi connectivity index (χ2n) is 9.85. The van der Waals surface area contributed by atoms with Crippen LogP contribution in [0, 0.1) is 5.82 Å². The monoisotopic (exact) mass is 454 g/mol. The third-order valence-electron chi connectivity index (χ3n) is 7.23. The first-order valence-corrected chi connectivity index (χ1v) is 12.0. The number of nitrogens with zero attached hydrogens (tertiary/aromatic N) is 4. The Balaban J connectivity index is 1.16. The highest BCUT2D eigenvalue weighted by Crippen LogP contribution is 2.43. The van der Waals surface area contributed by atoms with Gasteiger partial charge in [0.05, 0.1) is 23.5 Å². The predicted molar refractivity (Wildman–Crippen MR) is 123 cm³/mol. The fourth-order valence-electron chi connectivity index (χ4n) is 4.93. The largest absolute Gasteiger partial charge is 0.484 e. The number of nitrogens with one attached hydrogen (secondary N) is 2. The summed E-state index contributed by atoms with van der Waals surface area (Å²) in [6.45, 7) is 7.81. The molecule has 176 valence electrons. The molecule has 3 fully saturated rings. The van der Waals surface area contributed by atoms with Gasteiger partial charge in [0.2, 0.25) is 0 Å². The third kappa shape index (κ3) is 4.37. The Hall–Kier alpha value is -2.49. The zero-order valence-electron chi connectivity index (χ0n) is 19.0. The van der Waals surface area contributed by atoms with E-state index < -0.39 is 0 Å². The number of piperazine rings is 1. The molecule has 0 amide bonds. The average Bonchev–Trinajstić information content (AvgIpc) is 3.18. The van der Waals surface area contributed by atoms with Crippen LogP contribution in [-0.4, -0.2) is 65.9 Å². The van der Waals surface area contributed by atoms with Crippen molar-refractivity contribution in [2.24, 2.45) is 0 Å². The zero-order valence-corrected chi connectivity index (χ0v) is 19.0. The summed E-state index contributed by atoms with van der Waals surface area (Å²) < 4.78 is 26.3. The van der Waals surface area contributed by atoms with Gasteiger partial charge in [0.15, 0.2) is 11.6 Å². The summed E-state index contributed by atoms with van der Waals surface area (Å²) in [7, 11) is 0. The van der Waals surface area contributed by atoms with Gasteiger partial charge in [-0.05, 0) is 38.7 Å². The maximum absolute atomic E-state index is 14.6. The van der Waals surface area contributed by atoms with Crippen LogP contribution in [0.25, 0.3) is 0 Å². The van der Waals surface area contributed by atoms with Crippen molar-refractivity contribution in [3.8, 4) is 5.75 Å². The minimum Gasteiger partial charge on any atom is -0.484 e. The van der Waals surface area contributed by atoms with Crippen molar-refractivity contribution in [2.75, 3.05) is 49.7 Å². The zero-order chi connectivity index (χ0) is 22.4. The van der Waals surface area contributed by atoms with Crippen molar-refractivity contribution >= 4 is 11.5 Å². The molecule has 2 aromatic rings. The maximum Gasteiger partial charge on any atom is 0.167 e. The lowest BCUT2D eigenvalue weighted by molar-refractivity contribution is 0.0712. The average molecular weight is 455 g/mol. The Kier molecular flexibility index (Phi) is 5.35. The van der Waals surface area contributed by atoms with Crippen molar-refractivity contribution in [1.82, 2.24) is 20.3 Å². The Morgan fingerprint density at radius 1 is 1.18 bits per heavy atom. The lowest BCUT2D eigenvalue weighted by Crippen LogP contribution is -2.48. The number of hydrazine groups is 1. The predicted octanol–water partition coefficient (Wildman–Crippen LogP) is 2.87. The number of aromatic nitrogens is 2. The molecule has 0 bridgehead atoms. The van der Waals surface area contributed by atoms with Crippen LogP contribution < -0.4 is 20.5 Å². The molecule has 2 saturated heterocycles. The minimum atomic E-state index is -0.346. The first-order chi connectivity index (χ1) is 16.1. The number of ether oxygens (including phenoxy) is 2. The van der Waals surface area contributed by atoms with Crippen LogP contribution in [0.4, 0.5) is 15.9 Å². The van der Waals surface area contributed by atoms with Crippen molar-refractivity contribution in [3.05, 3.63) is 41.6 Å². The summed E-state index contributed by atoms with van der Waals surface area (Å²) in [4.78, 5) is 13.9. The quantitative estimate of drug-likeness (QED) is 0.690. The van der Waals surface area contributed by atoms with Gasteiger partial charge in [0.25, 0.3) is 0 Å². The maximum atomic E-state index is 14.6. The molecule has 9 heteroatoms. The van der Waals surface area contributed by atoms with Gasteiger partial charge in [-0.3, -0.25) is 4.90 Å². The summed E-state index contributed by atoms with van der Waals surface area (Å²) >= 11 is 0. The van der Waals surface area contributed by atoms with E-state index >= 15 is 0 Å². The summed E-state index contributed by atoms with van der Waals surface area (Å²) in [5.41, 5.74) is 8.60. The summed E-state index contributed by atoms with van der Waals surface area (Å²) in [6.07, 6.45) is 6.29. The van der Waals surface area contributed by atoms with Gasteiger partial charge in [-0.15, -0.1) is 0 Å². The summed E-state index contributed by atoms with van der Waals surface area (Å²) in [5.74, 6) is 0.887. The van der Waals surface area contributed by atoms with E-state index in [1.54, 1.807) is 12.4 Å². The molecule has 0 spiro atoms. The van der Waals surface area contributed by atoms with Crippen LogP contribution in [0.5, 0.6) is 5.75 Å². The van der Waals surface area contributed by atoms with E-state index in [-0.39, 0.29) is 17.5 Å². The Morgan fingerprint density at radius 2 is 2.03 bits per heavy atom. The van der Waals surface area contributed by atoms with Crippen molar-refractivity contribution in [2.45, 2.75) is 50.4 Å². The van der Waals surface area contributed by atoms with E-state index in [9.17, 15) is 4.39 Å². The molecule has 0 radical (unpaired) electrons. The van der Waals surface area contributed by atoms with Gasteiger partial charge in [-0.25, -0.2) is 19.8 Å². The molecule has 1 aliphatic carbocycles. The number of anilines is 2. The molecule has 2 unspecified atom stereocenters. The molecule has 4 heterocycles. The topological polar surface area (TPSA) is 74.8 Å². The molecule has 1 aromatic heterocycles. The van der Waals surface area contributed by atoms with Crippen LogP contribution >= 0.6 is 0 Å². The number of hydrogen-bond donors (Lipinski definition) is 2. The van der Waals surface area contributed by atoms with E-state index in [1.807, 2.05) is 13.0 Å². The first kappa shape index (κ1) is 21.1. The molecular weight excluding hydrogens is 423 g/mol. The number of fused-ring (bicyclic) bond motifs is 1. The van der Waals surface area contributed by atoms with E-state index in [2.05, 4.69) is 30.6 Å². The highest BCUT2D eigenvalue weighted by Gasteiger charge is 2.41. The lowest BCUT2D eigenvalue weighted by atomic mass is 10.0. The third-order valence-corrected chi connectivity index (χ3v) is 7.23. The normalized spacial score (nSPS) is 26.2. The van der Waals surface area contributed by atoms with E-state index in [0.717, 1.165) is 69.2 Å². The number of halogens is 1. The van der Waals surface area contributed by atoms with Crippen LogP contribution in [0.2, 0.25) is 0 Å². The molecule has 1 aromatic carbocycles. The molecule has 4 aliphatic rings. The molecule has 1 saturated carbocycles. The highest BCUT2D eigenvalue weighted by atomic mass is 19.1. The Bertz CT molecular complexity index is 1020. The second kappa shape index (κ2) is 8.38. The standard InChI is InChI=1S/C24H31FN6O2/c1-24(4-5-24)33-21-11-17-19(12-18(21)25)28-29-23(17)20-13-22(27-15-26-20)31-8-6-30(7-9-31)14-16-3-2-10-32-16/h11-13,15-16,23,28-29H,2-10,14H2,1H3. The summed E-state index contributed by atoms with van der Waals surface area (Å²) in [5, 5.41) is 0. The molecule has 8 nitrogen and oxygen atoms in total. The number of rotatable bonds is 6. The number of hydrogen-bond acceptors (Lipinski definition) is 8. The van der Waals surface area contributed by atoms with E-state index in [0.29, 0.717) is 17.5 Å². The van der Waals surface area contributed by atoms with Gasteiger partial charge >= 0.3 is 0 Å². The van der Waals surface area contributed by atoms with Gasteiger partial charge in [0, 0.05) is 57.0 Å². The van der Waals surface area contributed by atoms with E-state index in [1.165, 1.54) is 18.9 Å². The van der Waals surface area contributed by atoms with E-state index in [4.69, 9.17) is 9.47 Å². The van der Waals surface area contributed by atoms with Gasteiger partial charge in [0.1, 0.15) is 17.7 Å². The molecule has 2 N–H and O–H groups in total. The van der Waals surface area contributed by atoms with Crippen LogP contribution in [0.3, 0.4) is 0 Å². The van der Waals surface area contributed by atoms with Crippen molar-refractivity contribution in [1.29, 1.82) is 0 Å². The van der Waals surface area contributed by atoms with Gasteiger partial charge in [-0.2, -0.15) is 0 Å². The Morgan fingerprint density at radius 3 is 2.79 bits per heavy atom. The first-order valence-electron chi connectivity index (χ1n) is 12.0. The summed E-state index contributed by atoms with van der Waals surface area (Å²) in [6, 6.07) is 5.14. The molecule has 2 atom stereocenters. The fourth-order valence-corrected chi connectivity index (χ4v) is 4.93. The minimum absolute atomic E-state index is 0.197. The SMILES string of the molecule is CC1(Oc2cc3c(cc2F)NNC3c2cc(N3CCN(CC4CCCO4)CC3)ncn2)CC1. The van der Waals surface area contributed by atoms with Gasteiger partial charge < -0.3 is 19.8 Å². The highest BCUT2D eigenvalue weighted by molar-refractivity contribution is 5.61. The van der Waals surface area contributed by atoms with Crippen molar-refractivity contribution in [3.63, 3.8) is 0 Å². The Labute approximate surface area is 193 Å². The number of benzene rings is 1.